The molecule has 19 heavy (non-hydrogen) atoms. The Morgan fingerprint density at radius 3 is 2.84 bits per heavy atom. The highest BCUT2D eigenvalue weighted by Gasteiger charge is 2.05. The Balaban J connectivity index is 1.85. The third-order valence-corrected chi connectivity index (χ3v) is 3.94. The number of thiazole rings is 1. The second-order valence-corrected chi connectivity index (χ2v) is 5.67. The van der Waals surface area contributed by atoms with Crippen LogP contribution in [0.3, 0.4) is 0 Å². The first-order chi connectivity index (χ1) is 9.29. The van der Waals surface area contributed by atoms with E-state index in [1.165, 1.54) is 10.4 Å². The largest absolute Gasteiger partial charge is 0.392 e. The van der Waals surface area contributed by atoms with Crippen LogP contribution in [-0.2, 0) is 6.54 Å². The van der Waals surface area contributed by atoms with Crippen LogP contribution in [0.25, 0.3) is 10.4 Å². The van der Waals surface area contributed by atoms with Gasteiger partial charge in [-0.3, -0.25) is 0 Å². The highest BCUT2D eigenvalue weighted by atomic mass is 32.1. The fourth-order valence-corrected chi connectivity index (χ4v) is 2.80. The van der Waals surface area contributed by atoms with Crippen molar-refractivity contribution >= 4 is 11.3 Å². The predicted octanol–water partition coefficient (Wildman–Crippen LogP) is 3.06. The summed E-state index contributed by atoms with van der Waals surface area (Å²) in [7, 11) is 0. The molecule has 0 aliphatic carbocycles. The van der Waals surface area contributed by atoms with Crippen molar-refractivity contribution in [2.24, 2.45) is 0 Å². The summed E-state index contributed by atoms with van der Waals surface area (Å²) in [6, 6.07) is 10.3. The van der Waals surface area contributed by atoms with Crippen LogP contribution >= 0.6 is 11.3 Å². The van der Waals surface area contributed by atoms with E-state index in [4.69, 9.17) is 0 Å². The number of aromatic nitrogens is 1. The van der Waals surface area contributed by atoms with Crippen LogP contribution < -0.4 is 5.32 Å². The van der Waals surface area contributed by atoms with Crippen LogP contribution in [0, 0.1) is 0 Å². The van der Waals surface area contributed by atoms with Gasteiger partial charge in [-0.25, -0.2) is 4.98 Å². The average Bonchev–Trinajstić information content (AvgIpc) is 2.89. The van der Waals surface area contributed by atoms with Gasteiger partial charge in [0.2, 0.25) is 0 Å². The lowest BCUT2D eigenvalue weighted by molar-refractivity contribution is 0.160. The van der Waals surface area contributed by atoms with E-state index in [1.807, 2.05) is 24.4 Å². The molecule has 0 amide bonds. The topological polar surface area (TPSA) is 45.1 Å². The van der Waals surface area contributed by atoms with Gasteiger partial charge in [0.1, 0.15) is 5.01 Å². The van der Waals surface area contributed by atoms with E-state index >= 15 is 0 Å². The number of aliphatic hydroxyl groups excluding tert-OH is 1. The quantitative estimate of drug-likeness (QED) is 0.817. The van der Waals surface area contributed by atoms with E-state index < -0.39 is 0 Å². The fourth-order valence-electron chi connectivity index (χ4n) is 1.91. The summed E-state index contributed by atoms with van der Waals surface area (Å²) in [6.07, 6.45) is 3.52. The van der Waals surface area contributed by atoms with Gasteiger partial charge in [0.15, 0.2) is 0 Å². The molecule has 0 saturated carbocycles. The minimum Gasteiger partial charge on any atom is -0.392 e. The van der Waals surface area contributed by atoms with Crippen molar-refractivity contribution in [2.75, 3.05) is 6.54 Å². The summed E-state index contributed by atoms with van der Waals surface area (Å²) < 4.78 is 0. The Morgan fingerprint density at radius 2 is 2.11 bits per heavy atom. The average molecular weight is 276 g/mol. The number of benzene rings is 1. The summed E-state index contributed by atoms with van der Waals surface area (Å²) in [5.74, 6) is 0. The smallest absolute Gasteiger partial charge is 0.107 e. The van der Waals surface area contributed by atoms with Crippen LogP contribution in [0.5, 0.6) is 0 Å². The molecule has 2 N–H and O–H groups in total. The lowest BCUT2D eigenvalue weighted by atomic mass is 10.2. The molecule has 3 nitrogen and oxygen atoms in total. The Bertz CT molecular complexity index is 484. The van der Waals surface area contributed by atoms with Crippen LogP contribution in [0.15, 0.2) is 36.5 Å². The molecule has 0 aliphatic rings. The third kappa shape index (κ3) is 4.42. The maximum atomic E-state index is 9.63. The normalized spacial score (nSPS) is 12.5. The Morgan fingerprint density at radius 1 is 1.32 bits per heavy atom. The van der Waals surface area contributed by atoms with Crippen molar-refractivity contribution in [1.29, 1.82) is 0 Å². The number of hydrogen-bond donors (Lipinski definition) is 2. The number of nitrogens with zero attached hydrogens (tertiary/aromatic N) is 1. The van der Waals surface area contributed by atoms with Crippen molar-refractivity contribution in [3.63, 3.8) is 0 Å². The Kier molecular flexibility index (Phi) is 5.51. The zero-order valence-corrected chi connectivity index (χ0v) is 12.0. The highest BCUT2D eigenvalue weighted by molar-refractivity contribution is 7.15. The van der Waals surface area contributed by atoms with Gasteiger partial charge in [-0.1, -0.05) is 43.7 Å². The molecule has 1 atom stereocenters. The maximum absolute atomic E-state index is 9.63. The van der Waals surface area contributed by atoms with Crippen LogP contribution in [0.2, 0.25) is 0 Å². The molecule has 2 aromatic rings. The predicted molar refractivity (Wildman–Crippen MR) is 80.2 cm³/mol. The number of hydrogen-bond acceptors (Lipinski definition) is 4. The van der Waals surface area contributed by atoms with Crippen molar-refractivity contribution in [3.8, 4) is 10.4 Å². The molecule has 2 rings (SSSR count). The van der Waals surface area contributed by atoms with Gasteiger partial charge in [0.05, 0.1) is 11.0 Å². The van der Waals surface area contributed by atoms with E-state index in [-0.39, 0.29) is 6.10 Å². The first-order valence-electron chi connectivity index (χ1n) is 6.68. The summed E-state index contributed by atoms with van der Waals surface area (Å²) in [5, 5.41) is 13.9. The van der Waals surface area contributed by atoms with Crippen molar-refractivity contribution in [2.45, 2.75) is 32.4 Å². The zero-order valence-electron chi connectivity index (χ0n) is 11.2. The first-order valence-corrected chi connectivity index (χ1v) is 7.50. The van der Waals surface area contributed by atoms with E-state index in [0.29, 0.717) is 6.54 Å². The van der Waals surface area contributed by atoms with Crippen molar-refractivity contribution in [1.82, 2.24) is 10.3 Å². The molecule has 102 valence electrons. The van der Waals surface area contributed by atoms with Crippen molar-refractivity contribution < 1.29 is 5.11 Å². The second kappa shape index (κ2) is 7.38. The van der Waals surface area contributed by atoms with Gasteiger partial charge in [0, 0.05) is 19.3 Å². The standard InChI is InChI=1S/C15H20N2OS/c1-2-6-13(18)9-16-11-15-17-10-14(19-15)12-7-4-3-5-8-12/h3-5,7-8,10,13,16,18H,2,6,9,11H2,1H3. The number of aliphatic hydroxyl groups is 1. The van der Waals surface area contributed by atoms with Gasteiger partial charge in [-0.2, -0.15) is 0 Å². The van der Waals surface area contributed by atoms with Crippen molar-refractivity contribution in [3.05, 3.63) is 41.5 Å². The van der Waals surface area contributed by atoms with E-state index in [0.717, 1.165) is 24.4 Å². The second-order valence-electron chi connectivity index (χ2n) is 4.56. The molecule has 1 aromatic heterocycles. The minimum atomic E-state index is -0.251. The molecule has 1 unspecified atom stereocenters. The summed E-state index contributed by atoms with van der Waals surface area (Å²) in [5.41, 5.74) is 1.21. The minimum absolute atomic E-state index is 0.251. The summed E-state index contributed by atoms with van der Waals surface area (Å²) in [4.78, 5) is 5.60. The summed E-state index contributed by atoms with van der Waals surface area (Å²) in [6.45, 7) is 3.43. The molecule has 0 spiro atoms. The molecule has 0 bridgehead atoms. The molecule has 0 fully saturated rings. The van der Waals surface area contributed by atoms with Gasteiger partial charge < -0.3 is 10.4 Å². The highest BCUT2D eigenvalue weighted by Crippen LogP contribution is 2.25. The third-order valence-electron chi connectivity index (χ3n) is 2.89. The van der Waals surface area contributed by atoms with Gasteiger partial charge in [0.25, 0.3) is 0 Å². The lowest BCUT2D eigenvalue weighted by Gasteiger charge is -2.09. The monoisotopic (exact) mass is 276 g/mol. The maximum Gasteiger partial charge on any atom is 0.107 e. The number of rotatable bonds is 7. The molecule has 0 radical (unpaired) electrons. The fraction of sp³-hybridized carbons (Fsp3) is 0.400. The molecular formula is C15H20N2OS. The van der Waals surface area contributed by atoms with E-state index in [2.05, 4.69) is 29.4 Å². The number of nitrogens with one attached hydrogen (secondary N) is 1. The lowest BCUT2D eigenvalue weighted by Crippen LogP contribution is -2.26. The zero-order chi connectivity index (χ0) is 13.5. The van der Waals surface area contributed by atoms with Crippen LogP contribution in [0.4, 0.5) is 0 Å². The molecule has 1 aromatic carbocycles. The molecule has 0 saturated heterocycles. The SMILES string of the molecule is CCCC(O)CNCc1ncc(-c2ccccc2)s1. The molecule has 4 heteroatoms. The van der Waals surface area contributed by atoms with Crippen LogP contribution in [-0.4, -0.2) is 22.7 Å². The van der Waals surface area contributed by atoms with Gasteiger partial charge >= 0.3 is 0 Å². The molecular weight excluding hydrogens is 256 g/mol. The molecule has 0 aliphatic heterocycles. The Hall–Kier alpha value is -1.23. The summed E-state index contributed by atoms with van der Waals surface area (Å²) >= 11 is 1.70. The van der Waals surface area contributed by atoms with Gasteiger partial charge in [-0.15, -0.1) is 11.3 Å². The molecule has 1 heterocycles. The first kappa shape index (κ1) is 14.2. The van der Waals surface area contributed by atoms with E-state index in [9.17, 15) is 5.11 Å². The van der Waals surface area contributed by atoms with E-state index in [1.54, 1.807) is 11.3 Å². The van der Waals surface area contributed by atoms with Crippen LogP contribution in [0.1, 0.15) is 24.8 Å². The Labute approximate surface area is 118 Å². The van der Waals surface area contributed by atoms with Gasteiger partial charge in [-0.05, 0) is 12.0 Å².